The predicted octanol–water partition coefficient (Wildman–Crippen LogP) is 3.46. The number of aromatic nitrogens is 1. The minimum atomic E-state index is -3.71. The molecule has 1 aliphatic rings. The first kappa shape index (κ1) is 21.9. The molecule has 1 aliphatic heterocycles. The highest BCUT2D eigenvalue weighted by Crippen LogP contribution is 2.32. The largest absolute Gasteiger partial charge is 0.495 e. The summed E-state index contributed by atoms with van der Waals surface area (Å²) in [6, 6.07) is 6.40. The number of hydrogen-bond donors (Lipinski definition) is 1. The molecule has 0 saturated carbocycles. The van der Waals surface area contributed by atoms with Crippen LogP contribution in [0.2, 0.25) is 0 Å². The number of rotatable bonds is 6. The summed E-state index contributed by atoms with van der Waals surface area (Å²) in [7, 11) is -2.24. The Morgan fingerprint density at radius 3 is 2.71 bits per heavy atom. The SMILES string of the molecule is COc1ccc(S(=O)(=O)N2CCOCC2)cc1NC(=O)c1sc(-c2ccsc2)nc1C. The molecular weight excluding hydrogens is 458 g/mol. The van der Waals surface area contributed by atoms with Gasteiger partial charge in [0.15, 0.2) is 0 Å². The van der Waals surface area contributed by atoms with Gasteiger partial charge in [-0.25, -0.2) is 13.4 Å². The minimum Gasteiger partial charge on any atom is -0.495 e. The third-order valence-electron chi connectivity index (χ3n) is 4.80. The average molecular weight is 480 g/mol. The maximum Gasteiger partial charge on any atom is 0.267 e. The van der Waals surface area contributed by atoms with Gasteiger partial charge in [0.05, 0.1) is 36.6 Å². The van der Waals surface area contributed by atoms with Crippen LogP contribution in [0.3, 0.4) is 0 Å². The Morgan fingerprint density at radius 2 is 2.03 bits per heavy atom. The highest BCUT2D eigenvalue weighted by molar-refractivity contribution is 7.89. The number of morpholine rings is 1. The summed E-state index contributed by atoms with van der Waals surface area (Å²) in [5, 5.41) is 7.49. The van der Waals surface area contributed by atoms with Gasteiger partial charge in [-0.1, -0.05) is 0 Å². The number of thiophene rings is 1. The maximum atomic E-state index is 13.0. The van der Waals surface area contributed by atoms with Gasteiger partial charge in [-0.15, -0.1) is 11.3 Å². The van der Waals surface area contributed by atoms with E-state index in [9.17, 15) is 13.2 Å². The molecule has 1 N–H and O–H groups in total. The summed E-state index contributed by atoms with van der Waals surface area (Å²) in [6.45, 7) is 3.08. The number of anilines is 1. The lowest BCUT2D eigenvalue weighted by Gasteiger charge is -2.26. The number of nitrogens with one attached hydrogen (secondary N) is 1. The minimum absolute atomic E-state index is 0.0884. The first-order valence-electron chi connectivity index (χ1n) is 9.47. The molecule has 0 radical (unpaired) electrons. The normalized spacial score (nSPS) is 15.0. The maximum absolute atomic E-state index is 13.0. The van der Waals surface area contributed by atoms with E-state index >= 15 is 0 Å². The number of benzene rings is 1. The van der Waals surface area contributed by atoms with Crippen molar-refractivity contribution in [1.29, 1.82) is 0 Å². The van der Waals surface area contributed by atoms with Gasteiger partial charge in [0.2, 0.25) is 10.0 Å². The third kappa shape index (κ3) is 4.51. The topological polar surface area (TPSA) is 97.8 Å². The van der Waals surface area contributed by atoms with Gasteiger partial charge in [0.1, 0.15) is 15.6 Å². The second kappa shape index (κ2) is 9.05. The lowest BCUT2D eigenvalue weighted by atomic mass is 10.2. The molecule has 0 spiro atoms. The van der Waals surface area contributed by atoms with Crippen molar-refractivity contribution >= 4 is 44.3 Å². The van der Waals surface area contributed by atoms with Crippen molar-refractivity contribution in [2.45, 2.75) is 11.8 Å². The standard InChI is InChI=1S/C20H21N3O5S3/c1-13-18(30-20(21-13)14-5-10-29-12-14)19(24)22-16-11-15(3-4-17(16)27-2)31(25,26)23-6-8-28-9-7-23/h3-5,10-12H,6-9H2,1-2H3,(H,22,24). The Kier molecular flexibility index (Phi) is 6.39. The number of sulfonamides is 1. The molecular formula is C20H21N3O5S3. The van der Waals surface area contributed by atoms with E-state index in [2.05, 4.69) is 10.3 Å². The van der Waals surface area contributed by atoms with E-state index in [1.807, 2.05) is 16.8 Å². The number of methoxy groups -OCH3 is 1. The number of hydrogen-bond acceptors (Lipinski definition) is 8. The van der Waals surface area contributed by atoms with E-state index in [4.69, 9.17) is 9.47 Å². The fraction of sp³-hybridized carbons (Fsp3) is 0.300. The summed E-state index contributed by atoms with van der Waals surface area (Å²) in [6.07, 6.45) is 0. The Labute approximate surface area is 188 Å². The number of carbonyl (C=O) groups excluding carboxylic acids is 1. The smallest absolute Gasteiger partial charge is 0.267 e. The van der Waals surface area contributed by atoms with Crippen molar-refractivity contribution in [1.82, 2.24) is 9.29 Å². The first-order chi connectivity index (χ1) is 14.9. The second-order valence-corrected chi connectivity index (χ2v) is 10.5. The number of aryl methyl sites for hydroxylation is 1. The van der Waals surface area contributed by atoms with Crippen LogP contribution in [0, 0.1) is 6.92 Å². The van der Waals surface area contributed by atoms with Crippen molar-refractivity contribution in [3.63, 3.8) is 0 Å². The molecule has 3 heterocycles. The molecule has 0 bridgehead atoms. The summed E-state index contributed by atoms with van der Waals surface area (Å²) in [5.74, 6) is 0.00482. The van der Waals surface area contributed by atoms with Crippen molar-refractivity contribution < 1.29 is 22.7 Å². The van der Waals surface area contributed by atoms with Gasteiger partial charge in [0, 0.05) is 24.0 Å². The van der Waals surface area contributed by atoms with Crippen LogP contribution in [-0.4, -0.2) is 57.0 Å². The van der Waals surface area contributed by atoms with Gasteiger partial charge in [-0.2, -0.15) is 15.6 Å². The van der Waals surface area contributed by atoms with Gasteiger partial charge in [0.25, 0.3) is 5.91 Å². The number of thiazole rings is 1. The van der Waals surface area contributed by atoms with E-state index in [0.717, 1.165) is 10.6 Å². The van der Waals surface area contributed by atoms with Crippen molar-refractivity contribution in [2.75, 3.05) is 38.7 Å². The molecule has 1 amide bonds. The third-order valence-corrected chi connectivity index (χ3v) is 8.58. The lowest BCUT2D eigenvalue weighted by Crippen LogP contribution is -2.40. The first-order valence-corrected chi connectivity index (χ1v) is 12.7. The zero-order chi connectivity index (χ0) is 22.0. The Morgan fingerprint density at radius 1 is 1.26 bits per heavy atom. The second-order valence-electron chi connectivity index (χ2n) is 6.78. The van der Waals surface area contributed by atoms with Crippen LogP contribution in [0.25, 0.3) is 10.6 Å². The van der Waals surface area contributed by atoms with E-state index < -0.39 is 10.0 Å². The monoisotopic (exact) mass is 479 g/mol. The van der Waals surface area contributed by atoms with Crippen molar-refractivity contribution in [2.24, 2.45) is 0 Å². The van der Waals surface area contributed by atoms with Crippen molar-refractivity contribution in [3.05, 3.63) is 45.6 Å². The van der Waals surface area contributed by atoms with E-state index in [1.54, 1.807) is 24.3 Å². The van der Waals surface area contributed by atoms with Crippen LogP contribution in [0.1, 0.15) is 15.4 Å². The Bertz CT molecular complexity index is 1180. The molecule has 11 heteroatoms. The van der Waals surface area contributed by atoms with Gasteiger partial charge < -0.3 is 14.8 Å². The zero-order valence-corrected chi connectivity index (χ0v) is 19.4. The molecule has 4 rings (SSSR count). The number of nitrogens with zero attached hydrogens (tertiary/aromatic N) is 2. The van der Waals surface area contributed by atoms with Crippen LogP contribution in [0.5, 0.6) is 5.75 Å². The van der Waals surface area contributed by atoms with Crippen LogP contribution >= 0.6 is 22.7 Å². The van der Waals surface area contributed by atoms with E-state index in [-0.39, 0.29) is 16.5 Å². The Hall–Kier alpha value is -2.31. The molecule has 1 aromatic carbocycles. The summed E-state index contributed by atoms with van der Waals surface area (Å²) in [5.41, 5.74) is 1.86. The molecule has 0 aliphatic carbocycles. The summed E-state index contributed by atoms with van der Waals surface area (Å²) in [4.78, 5) is 18.0. The highest BCUT2D eigenvalue weighted by Gasteiger charge is 2.27. The number of amides is 1. The predicted molar refractivity (Wildman–Crippen MR) is 121 cm³/mol. The van der Waals surface area contributed by atoms with Crippen LogP contribution in [0.4, 0.5) is 5.69 Å². The lowest BCUT2D eigenvalue weighted by molar-refractivity contribution is 0.0730. The molecule has 0 unspecified atom stereocenters. The van der Waals surface area contributed by atoms with Gasteiger partial charge in [-0.05, 0) is 36.6 Å². The van der Waals surface area contributed by atoms with Crippen molar-refractivity contribution in [3.8, 4) is 16.3 Å². The van der Waals surface area contributed by atoms with Gasteiger partial charge in [-0.3, -0.25) is 4.79 Å². The fourth-order valence-electron chi connectivity index (χ4n) is 3.18. The van der Waals surface area contributed by atoms with Crippen LogP contribution in [0.15, 0.2) is 39.9 Å². The van der Waals surface area contributed by atoms with E-state index in [0.29, 0.717) is 42.6 Å². The number of ether oxygens (including phenoxy) is 2. The van der Waals surface area contributed by atoms with E-state index in [1.165, 1.54) is 34.9 Å². The van der Waals surface area contributed by atoms with Gasteiger partial charge >= 0.3 is 0 Å². The molecule has 31 heavy (non-hydrogen) atoms. The van der Waals surface area contributed by atoms with Crippen LogP contribution < -0.4 is 10.1 Å². The average Bonchev–Trinajstić information content (AvgIpc) is 3.44. The zero-order valence-electron chi connectivity index (χ0n) is 17.0. The molecule has 2 aromatic heterocycles. The van der Waals surface area contributed by atoms with Crippen LogP contribution in [-0.2, 0) is 14.8 Å². The fourth-order valence-corrected chi connectivity index (χ4v) is 6.28. The molecule has 164 valence electrons. The Balaban J connectivity index is 1.62. The molecule has 3 aromatic rings. The molecule has 0 atom stereocenters. The quantitative estimate of drug-likeness (QED) is 0.582. The molecule has 1 fully saturated rings. The highest BCUT2D eigenvalue weighted by atomic mass is 32.2. The number of carbonyl (C=O) groups is 1. The molecule has 1 saturated heterocycles. The summed E-state index contributed by atoms with van der Waals surface area (Å²) < 4.78 is 37.9. The molecule has 8 nitrogen and oxygen atoms in total. The summed E-state index contributed by atoms with van der Waals surface area (Å²) >= 11 is 2.85.